The Balaban J connectivity index is 1.53. The molecule has 2 amide bonds. The minimum Gasteiger partial charge on any atom is -0.436 e. The summed E-state index contributed by atoms with van der Waals surface area (Å²) >= 11 is 0. The second-order valence-corrected chi connectivity index (χ2v) is 9.05. The number of hydrogen-bond donors (Lipinski definition) is 1. The maximum Gasteiger partial charge on any atom is 0.321 e. The van der Waals surface area contributed by atoms with Crippen LogP contribution in [0.25, 0.3) is 0 Å². The van der Waals surface area contributed by atoms with E-state index in [1.807, 2.05) is 42.3 Å². The number of rotatable bonds is 10. The highest BCUT2D eigenvalue weighted by atomic mass is 31.2. The van der Waals surface area contributed by atoms with Crippen molar-refractivity contribution >= 4 is 20.8 Å². The van der Waals surface area contributed by atoms with Crippen LogP contribution in [0.5, 0.6) is 5.75 Å². The Morgan fingerprint density at radius 1 is 1.33 bits per heavy atom. The van der Waals surface area contributed by atoms with E-state index in [2.05, 4.69) is 16.9 Å². The molecule has 0 spiro atoms. The molecule has 30 heavy (non-hydrogen) atoms. The third-order valence-corrected chi connectivity index (χ3v) is 6.73. The van der Waals surface area contributed by atoms with E-state index in [9.17, 15) is 9.59 Å². The summed E-state index contributed by atoms with van der Waals surface area (Å²) in [7, 11) is 0.674. The number of hydrogen-bond acceptors (Lipinski definition) is 7. The Bertz CT molecular complexity index is 714. The first-order valence-corrected chi connectivity index (χ1v) is 11.4. The summed E-state index contributed by atoms with van der Waals surface area (Å²) < 4.78 is 20.8. The lowest BCUT2D eigenvalue weighted by molar-refractivity contribution is -0.121. The van der Waals surface area contributed by atoms with Crippen LogP contribution in [0.15, 0.2) is 42.6 Å². The zero-order chi connectivity index (χ0) is 21.3. The second kappa shape index (κ2) is 11.4. The van der Waals surface area contributed by atoms with E-state index in [0.29, 0.717) is 13.0 Å². The summed E-state index contributed by atoms with van der Waals surface area (Å²) in [4.78, 5) is 23.6. The van der Waals surface area contributed by atoms with E-state index in [4.69, 9.17) is 13.8 Å². The number of carbonyl (C=O) groups is 2. The van der Waals surface area contributed by atoms with Crippen LogP contribution in [0, 0.1) is 5.92 Å². The van der Waals surface area contributed by atoms with Crippen molar-refractivity contribution in [2.75, 3.05) is 26.7 Å². The Hall–Kier alpha value is -1.99. The Kier molecular flexibility index (Phi) is 8.63. The van der Waals surface area contributed by atoms with Crippen molar-refractivity contribution in [2.45, 2.75) is 38.5 Å². The van der Waals surface area contributed by atoms with Crippen LogP contribution >= 0.6 is 8.53 Å². The Morgan fingerprint density at radius 2 is 2.07 bits per heavy atom. The zero-order valence-corrected chi connectivity index (χ0v) is 18.4. The number of ether oxygens (including phenoxy) is 1. The van der Waals surface area contributed by atoms with Crippen molar-refractivity contribution < 1.29 is 23.4 Å². The van der Waals surface area contributed by atoms with Gasteiger partial charge in [-0.05, 0) is 31.4 Å². The summed E-state index contributed by atoms with van der Waals surface area (Å²) in [6.45, 7) is 4.54. The van der Waals surface area contributed by atoms with Gasteiger partial charge in [0.05, 0.1) is 12.7 Å². The third-order valence-electron chi connectivity index (χ3n) is 5.13. The summed E-state index contributed by atoms with van der Waals surface area (Å²) in [6, 6.07) is 9.77. The van der Waals surface area contributed by atoms with Crippen LogP contribution in [0.4, 0.5) is 0 Å². The first-order chi connectivity index (χ1) is 14.6. The number of imide groups is 1. The van der Waals surface area contributed by atoms with Gasteiger partial charge < -0.3 is 18.7 Å². The summed E-state index contributed by atoms with van der Waals surface area (Å²) in [5.74, 6) is 0.625. The van der Waals surface area contributed by atoms with Crippen LogP contribution in [0.1, 0.15) is 26.2 Å². The number of para-hydroxylation sites is 1. The van der Waals surface area contributed by atoms with Gasteiger partial charge in [0, 0.05) is 38.3 Å². The largest absolute Gasteiger partial charge is 0.436 e. The molecule has 1 aromatic rings. The summed E-state index contributed by atoms with van der Waals surface area (Å²) in [5, 5.41) is 2.08. The molecule has 2 aliphatic rings. The number of benzene rings is 1. The average Bonchev–Trinajstić information content (AvgIpc) is 3.40. The lowest BCUT2D eigenvalue weighted by atomic mass is 10.1. The molecule has 8 nitrogen and oxygen atoms in total. The number of amides is 2. The highest BCUT2D eigenvalue weighted by Gasteiger charge is 2.36. The van der Waals surface area contributed by atoms with Crippen LogP contribution in [0.3, 0.4) is 0 Å². The van der Waals surface area contributed by atoms with Gasteiger partial charge in [0.25, 0.3) is 5.91 Å². The predicted molar refractivity (Wildman–Crippen MR) is 114 cm³/mol. The zero-order valence-electron chi connectivity index (χ0n) is 17.5. The molecule has 2 heterocycles. The molecule has 164 valence electrons. The molecule has 0 bridgehead atoms. The molecule has 4 unspecified atom stereocenters. The van der Waals surface area contributed by atoms with Gasteiger partial charge in [0.1, 0.15) is 12.0 Å². The molecule has 1 aromatic carbocycles. The monoisotopic (exact) mass is 435 g/mol. The molecule has 2 fully saturated rings. The average molecular weight is 435 g/mol. The lowest BCUT2D eigenvalue weighted by Gasteiger charge is -2.27. The SMILES string of the molecule is CC1CC(COP(Oc2ccccc2)N2CCCC2)OC1N(C)/C=C\C(=O)NC=O. The van der Waals surface area contributed by atoms with Crippen molar-refractivity contribution in [3.8, 4) is 5.75 Å². The minimum absolute atomic E-state index is 0.0448. The molecule has 0 radical (unpaired) electrons. The van der Waals surface area contributed by atoms with Gasteiger partial charge in [0.15, 0.2) is 0 Å². The van der Waals surface area contributed by atoms with Gasteiger partial charge in [-0.1, -0.05) is 25.1 Å². The van der Waals surface area contributed by atoms with E-state index in [1.165, 1.54) is 6.08 Å². The summed E-state index contributed by atoms with van der Waals surface area (Å²) in [5.41, 5.74) is 0. The fourth-order valence-corrected chi connectivity index (χ4v) is 5.18. The summed E-state index contributed by atoms with van der Waals surface area (Å²) in [6.07, 6.45) is 6.28. The Morgan fingerprint density at radius 3 is 2.77 bits per heavy atom. The number of nitrogens with one attached hydrogen (secondary N) is 1. The van der Waals surface area contributed by atoms with Crippen LogP contribution < -0.4 is 9.84 Å². The highest BCUT2D eigenvalue weighted by molar-refractivity contribution is 7.45. The fourth-order valence-electron chi connectivity index (χ4n) is 3.65. The first-order valence-electron chi connectivity index (χ1n) is 10.3. The van der Waals surface area contributed by atoms with Crippen molar-refractivity contribution in [3.05, 3.63) is 42.6 Å². The van der Waals surface area contributed by atoms with Gasteiger partial charge in [0.2, 0.25) is 6.41 Å². The van der Waals surface area contributed by atoms with E-state index >= 15 is 0 Å². The van der Waals surface area contributed by atoms with E-state index in [-0.39, 0.29) is 18.2 Å². The molecule has 1 N–H and O–H groups in total. The third kappa shape index (κ3) is 6.51. The van der Waals surface area contributed by atoms with Crippen LogP contribution in [-0.4, -0.2) is 61.0 Å². The molecule has 3 rings (SSSR count). The van der Waals surface area contributed by atoms with Gasteiger partial charge in [-0.2, -0.15) is 0 Å². The molecule has 2 saturated heterocycles. The van der Waals surface area contributed by atoms with Crippen molar-refractivity contribution in [3.63, 3.8) is 0 Å². The van der Waals surface area contributed by atoms with Gasteiger partial charge in [-0.25, -0.2) is 4.67 Å². The standard InChI is InChI=1S/C21H30N3O5P/c1-17-14-19(28-21(17)23(2)13-10-20(26)22-16-25)15-27-30(24-11-6-7-12-24)29-18-8-4-3-5-9-18/h3-5,8-10,13,16-17,19,21H,6-7,11-12,14-15H2,1-2H3,(H,22,25,26)/b13-10-. The van der Waals surface area contributed by atoms with E-state index < -0.39 is 14.4 Å². The number of carbonyl (C=O) groups excluding carboxylic acids is 2. The van der Waals surface area contributed by atoms with Crippen molar-refractivity contribution in [1.29, 1.82) is 0 Å². The Labute approximate surface area is 179 Å². The molecule has 0 aliphatic carbocycles. The highest BCUT2D eigenvalue weighted by Crippen LogP contribution is 2.46. The van der Waals surface area contributed by atoms with Crippen molar-refractivity contribution in [1.82, 2.24) is 14.9 Å². The maximum atomic E-state index is 11.4. The molecule has 0 saturated carbocycles. The molecule has 0 aromatic heterocycles. The van der Waals surface area contributed by atoms with Crippen LogP contribution in [-0.2, 0) is 18.8 Å². The smallest absolute Gasteiger partial charge is 0.321 e. The quantitative estimate of drug-likeness (QED) is 0.344. The normalized spacial score (nSPS) is 25.3. The van der Waals surface area contributed by atoms with Gasteiger partial charge in [-0.3, -0.25) is 14.9 Å². The maximum absolute atomic E-state index is 11.4. The fraction of sp³-hybridized carbons (Fsp3) is 0.524. The van der Waals surface area contributed by atoms with E-state index in [1.54, 1.807) is 6.20 Å². The first kappa shape index (κ1) is 22.7. The molecular formula is C21H30N3O5P. The second-order valence-electron chi connectivity index (χ2n) is 7.57. The number of nitrogens with zero attached hydrogens (tertiary/aromatic N) is 2. The van der Waals surface area contributed by atoms with Gasteiger partial charge in [-0.15, -0.1) is 0 Å². The predicted octanol–water partition coefficient (Wildman–Crippen LogP) is 2.87. The molecule has 4 atom stereocenters. The molecule has 9 heteroatoms. The van der Waals surface area contributed by atoms with Crippen molar-refractivity contribution in [2.24, 2.45) is 5.92 Å². The van der Waals surface area contributed by atoms with Crippen LogP contribution in [0.2, 0.25) is 0 Å². The topological polar surface area (TPSA) is 80.3 Å². The van der Waals surface area contributed by atoms with Gasteiger partial charge >= 0.3 is 8.53 Å². The van der Waals surface area contributed by atoms with E-state index in [0.717, 1.165) is 38.1 Å². The minimum atomic E-state index is -1.18. The molecule has 2 aliphatic heterocycles. The lowest BCUT2D eigenvalue weighted by Crippen LogP contribution is -2.32. The molecular weight excluding hydrogens is 405 g/mol.